The van der Waals surface area contributed by atoms with Gasteiger partial charge >= 0.3 is 6.18 Å². The molecule has 1 aliphatic heterocycles. The number of hydrogen-bond acceptors (Lipinski definition) is 5. The highest BCUT2D eigenvalue weighted by Gasteiger charge is 2.33. The van der Waals surface area contributed by atoms with Gasteiger partial charge in [-0.05, 0) is 68.7 Å². The molecule has 34 heavy (non-hydrogen) atoms. The molecule has 1 aromatic carbocycles. The molecule has 1 fully saturated rings. The van der Waals surface area contributed by atoms with Crippen LogP contribution < -0.4 is 10.1 Å². The normalized spacial score (nSPS) is 14.9. The highest BCUT2D eigenvalue weighted by atomic mass is 32.1. The molecule has 3 aromatic rings. The Balaban J connectivity index is 1.37. The average Bonchev–Trinajstić information content (AvgIpc) is 3.15. The number of carbonyl (C=O) groups excluding carboxylic acids is 2. The number of alkyl halides is 3. The number of nitrogens with one attached hydrogen (secondary N) is 1. The summed E-state index contributed by atoms with van der Waals surface area (Å²) < 4.78 is 44.3. The molecule has 1 aliphatic rings. The Labute approximate surface area is 198 Å². The number of pyridine rings is 1. The van der Waals surface area contributed by atoms with Crippen LogP contribution in [0, 0.1) is 6.92 Å². The van der Waals surface area contributed by atoms with E-state index >= 15 is 0 Å². The topological polar surface area (TPSA) is 71.5 Å². The Morgan fingerprint density at radius 3 is 2.44 bits per heavy atom. The number of carbonyl (C=O) groups is 2. The summed E-state index contributed by atoms with van der Waals surface area (Å²) in [7, 11) is 0. The lowest BCUT2D eigenvalue weighted by atomic mass is 10.0. The molecule has 4 rings (SSSR count). The number of hydrogen-bond donors (Lipinski definition) is 1. The summed E-state index contributed by atoms with van der Waals surface area (Å²) in [6.07, 6.45) is -3.35. The molecular weight excluding hydrogens is 467 g/mol. The first-order valence-corrected chi connectivity index (χ1v) is 11.8. The number of rotatable bonds is 5. The number of halogens is 3. The number of benzene rings is 1. The lowest BCUT2D eigenvalue weighted by Crippen LogP contribution is -2.46. The number of amides is 2. The van der Waals surface area contributed by atoms with Gasteiger partial charge in [0.15, 0.2) is 0 Å². The fourth-order valence-corrected chi connectivity index (χ4v) is 5.08. The summed E-state index contributed by atoms with van der Waals surface area (Å²) >= 11 is 0.960. The van der Waals surface area contributed by atoms with Crippen LogP contribution in [0.1, 0.15) is 51.1 Å². The minimum absolute atomic E-state index is 0.0697. The smallest absolute Gasteiger partial charge is 0.433 e. The van der Waals surface area contributed by atoms with E-state index in [2.05, 4.69) is 10.3 Å². The quantitative estimate of drug-likeness (QED) is 0.542. The minimum atomic E-state index is -4.54. The molecule has 3 heterocycles. The van der Waals surface area contributed by atoms with Crippen LogP contribution in [0.25, 0.3) is 10.2 Å². The first-order chi connectivity index (χ1) is 16.2. The monoisotopic (exact) mass is 491 g/mol. The largest absolute Gasteiger partial charge is 0.494 e. The lowest BCUT2D eigenvalue weighted by Gasteiger charge is -2.32. The fraction of sp³-hybridized carbons (Fsp3) is 0.375. The highest BCUT2D eigenvalue weighted by Crippen LogP contribution is 2.34. The number of aromatic nitrogens is 1. The van der Waals surface area contributed by atoms with Crippen LogP contribution in [0.15, 0.2) is 36.4 Å². The predicted octanol–water partition coefficient (Wildman–Crippen LogP) is 5.06. The number of nitrogens with zero attached hydrogens (tertiary/aromatic N) is 2. The first-order valence-electron chi connectivity index (χ1n) is 11.0. The second-order valence-corrected chi connectivity index (χ2v) is 9.10. The number of aryl methyl sites for hydroxylation is 1. The van der Waals surface area contributed by atoms with E-state index in [1.54, 1.807) is 36.1 Å². The van der Waals surface area contributed by atoms with Gasteiger partial charge in [0, 0.05) is 30.1 Å². The van der Waals surface area contributed by atoms with Gasteiger partial charge < -0.3 is 15.0 Å². The number of thiophene rings is 1. The second-order valence-electron chi connectivity index (χ2n) is 8.10. The van der Waals surface area contributed by atoms with Crippen molar-refractivity contribution in [1.29, 1.82) is 0 Å². The van der Waals surface area contributed by atoms with E-state index in [0.717, 1.165) is 17.4 Å². The molecule has 0 aliphatic carbocycles. The molecule has 0 spiro atoms. The van der Waals surface area contributed by atoms with Crippen molar-refractivity contribution in [3.8, 4) is 5.75 Å². The maximum absolute atomic E-state index is 13.0. The van der Waals surface area contributed by atoms with Gasteiger partial charge in [-0.3, -0.25) is 9.59 Å². The summed E-state index contributed by atoms with van der Waals surface area (Å²) in [5.41, 5.74) is 0.220. The van der Waals surface area contributed by atoms with E-state index in [4.69, 9.17) is 4.74 Å². The van der Waals surface area contributed by atoms with Gasteiger partial charge in [0.25, 0.3) is 11.8 Å². The van der Waals surface area contributed by atoms with E-state index in [1.807, 2.05) is 6.92 Å². The molecule has 2 amide bonds. The third-order valence-corrected chi connectivity index (χ3v) is 7.03. The average molecular weight is 492 g/mol. The molecule has 2 aromatic heterocycles. The van der Waals surface area contributed by atoms with Crippen molar-refractivity contribution in [3.63, 3.8) is 0 Å². The van der Waals surface area contributed by atoms with E-state index in [-0.39, 0.29) is 22.7 Å². The molecule has 180 valence electrons. The van der Waals surface area contributed by atoms with Gasteiger partial charge in [-0.2, -0.15) is 13.2 Å². The summed E-state index contributed by atoms with van der Waals surface area (Å²) in [6, 6.07) is 9.18. The predicted molar refractivity (Wildman–Crippen MR) is 123 cm³/mol. The molecular formula is C24H24F3N3O3S. The van der Waals surface area contributed by atoms with Crippen LogP contribution in [-0.2, 0) is 6.18 Å². The molecule has 0 bridgehead atoms. The summed E-state index contributed by atoms with van der Waals surface area (Å²) in [6.45, 7) is 5.15. The van der Waals surface area contributed by atoms with Gasteiger partial charge in [-0.1, -0.05) is 0 Å². The van der Waals surface area contributed by atoms with Crippen molar-refractivity contribution in [3.05, 3.63) is 58.1 Å². The van der Waals surface area contributed by atoms with Gasteiger partial charge in [-0.15, -0.1) is 11.3 Å². The third kappa shape index (κ3) is 5.01. The number of ether oxygens (including phenoxy) is 1. The highest BCUT2D eigenvalue weighted by molar-refractivity contribution is 7.20. The third-order valence-electron chi connectivity index (χ3n) is 5.83. The molecule has 6 nitrogen and oxygen atoms in total. The maximum Gasteiger partial charge on any atom is 0.433 e. The Bertz CT molecular complexity index is 1200. The van der Waals surface area contributed by atoms with Crippen molar-refractivity contribution in [2.24, 2.45) is 0 Å². The van der Waals surface area contributed by atoms with Crippen molar-refractivity contribution in [1.82, 2.24) is 15.2 Å². The molecule has 1 N–H and O–H groups in total. The summed E-state index contributed by atoms with van der Waals surface area (Å²) in [5, 5.41) is 3.51. The zero-order chi connectivity index (χ0) is 24.5. The van der Waals surface area contributed by atoms with E-state index in [9.17, 15) is 22.8 Å². The van der Waals surface area contributed by atoms with Gasteiger partial charge in [0.2, 0.25) is 0 Å². The zero-order valence-electron chi connectivity index (χ0n) is 18.7. The molecule has 10 heteroatoms. The molecule has 1 saturated heterocycles. The Kier molecular flexibility index (Phi) is 6.79. The SMILES string of the molecule is CCOc1ccc(C(=O)N2CCC(NC(=O)c3sc4nc(C(F)(F)F)ccc4c3C)CC2)cc1. The van der Waals surface area contributed by atoms with Crippen molar-refractivity contribution < 1.29 is 27.5 Å². The van der Waals surface area contributed by atoms with Crippen molar-refractivity contribution in [2.75, 3.05) is 19.7 Å². The molecule has 0 atom stereocenters. The van der Waals surface area contributed by atoms with Gasteiger partial charge in [0.05, 0.1) is 11.5 Å². The van der Waals surface area contributed by atoms with Crippen LogP contribution in [0.3, 0.4) is 0 Å². The van der Waals surface area contributed by atoms with E-state index < -0.39 is 11.9 Å². The second kappa shape index (κ2) is 9.61. The lowest BCUT2D eigenvalue weighted by molar-refractivity contribution is -0.140. The number of likely N-dealkylation sites (tertiary alicyclic amines) is 1. The minimum Gasteiger partial charge on any atom is -0.494 e. The summed E-state index contributed by atoms with van der Waals surface area (Å²) in [4.78, 5) is 31.6. The Morgan fingerprint density at radius 1 is 1.15 bits per heavy atom. The first kappa shape index (κ1) is 24.0. The Morgan fingerprint density at radius 2 is 1.82 bits per heavy atom. The molecule has 0 unspecified atom stereocenters. The molecule has 0 radical (unpaired) electrons. The zero-order valence-corrected chi connectivity index (χ0v) is 19.6. The van der Waals surface area contributed by atoms with Crippen molar-refractivity contribution >= 4 is 33.4 Å². The van der Waals surface area contributed by atoms with E-state index in [0.29, 0.717) is 59.7 Å². The van der Waals surface area contributed by atoms with Crippen LogP contribution >= 0.6 is 11.3 Å². The maximum atomic E-state index is 13.0. The van der Waals surface area contributed by atoms with Crippen LogP contribution in [0.4, 0.5) is 13.2 Å². The van der Waals surface area contributed by atoms with Crippen LogP contribution in [0.2, 0.25) is 0 Å². The van der Waals surface area contributed by atoms with Crippen LogP contribution in [-0.4, -0.2) is 47.4 Å². The molecule has 0 saturated carbocycles. The van der Waals surface area contributed by atoms with E-state index in [1.165, 1.54) is 6.07 Å². The summed E-state index contributed by atoms with van der Waals surface area (Å²) in [5.74, 6) is 0.312. The standard InChI is InChI=1S/C24H24F3N3O3S/c1-3-33-17-6-4-15(5-7-17)23(32)30-12-10-16(11-13-30)28-21(31)20-14(2)18-8-9-19(24(25,26)27)29-22(18)34-20/h4-9,16H,3,10-13H2,1-2H3,(H,28,31). The Hall–Kier alpha value is -3.14. The fourth-order valence-electron chi connectivity index (χ4n) is 3.99. The number of fused-ring (bicyclic) bond motifs is 1. The van der Waals surface area contributed by atoms with Gasteiger partial charge in [-0.25, -0.2) is 4.98 Å². The van der Waals surface area contributed by atoms with Gasteiger partial charge in [0.1, 0.15) is 16.3 Å². The van der Waals surface area contributed by atoms with Crippen molar-refractivity contribution in [2.45, 2.75) is 38.9 Å². The van der Waals surface area contributed by atoms with Crippen LogP contribution in [0.5, 0.6) is 5.75 Å². The number of piperidine rings is 1.